The number of carbonyl (C=O) groups excluding carboxylic acids is 1. The first-order chi connectivity index (χ1) is 13.2. The molecule has 0 N–H and O–H groups in total. The fourth-order valence-corrected chi connectivity index (χ4v) is 3.03. The van der Waals surface area contributed by atoms with Crippen molar-refractivity contribution in [2.24, 2.45) is 0 Å². The topological polar surface area (TPSA) is 52.6 Å². The summed E-state index contributed by atoms with van der Waals surface area (Å²) in [7, 11) is 3.86. The lowest BCUT2D eigenvalue weighted by molar-refractivity contribution is -0.137. The average Bonchev–Trinajstić information content (AvgIpc) is 2.68. The molecule has 1 aromatic carbocycles. The van der Waals surface area contributed by atoms with Crippen LogP contribution in [0.15, 0.2) is 36.5 Å². The van der Waals surface area contributed by atoms with Crippen LogP contribution in [0.4, 0.5) is 24.7 Å². The van der Waals surface area contributed by atoms with Crippen LogP contribution in [0.1, 0.15) is 11.1 Å². The molecule has 150 valence electrons. The van der Waals surface area contributed by atoms with Crippen LogP contribution in [-0.2, 0) is 17.4 Å². The number of hydrogen-bond donors (Lipinski definition) is 0. The number of amides is 1. The number of halogens is 3. The van der Waals surface area contributed by atoms with Crippen LogP contribution in [0, 0.1) is 0 Å². The van der Waals surface area contributed by atoms with Crippen LogP contribution >= 0.6 is 0 Å². The van der Waals surface area contributed by atoms with E-state index in [1.54, 1.807) is 11.1 Å². The van der Waals surface area contributed by atoms with Crippen molar-refractivity contribution in [3.63, 3.8) is 0 Å². The minimum absolute atomic E-state index is 0.0902. The van der Waals surface area contributed by atoms with E-state index in [2.05, 4.69) is 15.1 Å². The first-order valence-electron chi connectivity index (χ1n) is 8.93. The van der Waals surface area contributed by atoms with Gasteiger partial charge in [-0.1, -0.05) is 12.1 Å². The molecule has 0 aliphatic carbocycles. The number of benzene rings is 1. The molecule has 6 nitrogen and oxygen atoms in total. The van der Waals surface area contributed by atoms with Gasteiger partial charge in [0.1, 0.15) is 0 Å². The minimum atomic E-state index is -4.37. The minimum Gasteiger partial charge on any atom is -0.376 e. The monoisotopic (exact) mass is 393 g/mol. The number of anilines is 2. The lowest BCUT2D eigenvalue weighted by Crippen LogP contribution is -2.49. The Morgan fingerprint density at radius 3 is 2.32 bits per heavy atom. The summed E-state index contributed by atoms with van der Waals surface area (Å²) in [5.41, 5.74) is 0.814. The normalized spacial score (nSPS) is 14.9. The molecule has 2 aromatic rings. The lowest BCUT2D eigenvalue weighted by atomic mass is 10.1. The predicted molar refractivity (Wildman–Crippen MR) is 100 cm³/mol. The summed E-state index contributed by atoms with van der Waals surface area (Å²) in [4.78, 5) is 18.2. The molecule has 3 rings (SSSR count). The second-order valence-corrected chi connectivity index (χ2v) is 6.91. The Labute approximate surface area is 161 Å². The summed E-state index contributed by atoms with van der Waals surface area (Å²) in [5.74, 6) is 0.675. The maximum atomic E-state index is 12.6. The van der Waals surface area contributed by atoms with Gasteiger partial charge in [-0.2, -0.15) is 18.3 Å². The van der Waals surface area contributed by atoms with Gasteiger partial charge < -0.3 is 14.7 Å². The third-order valence-corrected chi connectivity index (χ3v) is 4.74. The zero-order chi connectivity index (χ0) is 20.3. The number of carbonyl (C=O) groups is 1. The largest absolute Gasteiger partial charge is 0.416 e. The van der Waals surface area contributed by atoms with Crippen LogP contribution in [0.2, 0.25) is 0 Å². The Hall–Kier alpha value is -2.84. The fraction of sp³-hybridized carbons (Fsp3) is 0.421. The smallest absolute Gasteiger partial charge is 0.376 e. The number of hydrogen-bond acceptors (Lipinski definition) is 5. The van der Waals surface area contributed by atoms with Crippen molar-refractivity contribution >= 4 is 17.4 Å². The third-order valence-electron chi connectivity index (χ3n) is 4.74. The molecule has 0 radical (unpaired) electrons. The summed E-state index contributed by atoms with van der Waals surface area (Å²) in [6.45, 7) is 2.33. The highest BCUT2D eigenvalue weighted by Crippen LogP contribution is 2.29. The summed E-state index contributed by atoms with van der Waals surface area (Å²) >= 11 is 0. The molecule has 0 bridgehead atoms. The number of alkyl halides is 3. The Balaban J connectivity index is 1.56. The molecule has 1 saturated heterocycles. The van der Waals surface area contributed by atoms with Gasteiger partial charge in [0.05, 0.1) is 23.9 Å². The van der Waals surface area contributed by atoms with Crippen molar-refractivity contribution in [2.45, 2.75) is 12.6 Å². The van der Waals surface area contributed by atoms with E-state index in [0.717, 1.165) is 23.6 Å². The van der Waals surface area contributed by atoms with Gasteiger partial charge >= 0.3 is 6.18 Å². The molecule has 0 saturated carbocycles. The van der Waals surface area contributed by atoms with Crippen LogP contribution in [0.3, 0.4) is 0 Å². The Morgan fingerprint density at radius 1 is 1.11 bits per heavy atom. The van der Waals surface area contributed by atoms with E-state index in [4.69, 9.17) is 0 Å². The second kappa shape index (κ2) is 8.04. The van der Waals surface area contributed by atoms with E-state index in [-0.39, 0.29) is 12.3 Å². The maximum absolute atomic E-state index is 12.6. The molecule has 0 unspecified atom stereocenters. The molecule has 9 heteroatoms. The highest BCUT2D eigenvalue weighted by Gasteiger charge is 2.30. The summed E-state index contributed by atoms with van der Waals surface area (Å²) in [6, 6.07) is 6.69. The van der Waals surface area contributed by atoms with Gasteiger partial charge in [-0.15, -0.1) is 5.10 Å². The lowest BCUT2D eigenvalue weighted by Gasteiger charge is -2.35. The number of rotatable bonds is 4. The predicted octanol–water partition coefficient (Wildman–Crippen LogP) is 2.45. The third kappa shape index (κ3) is 4.71. The maximum Gasteiger partial charge on any atom is 0.416 e. The second-order valence-electron chi connectivity index (χ2n) is 6.91. The number of nitrogens with zero attached hydrogens (tertiary/aromatic N) is 5. The van der Waals surface area contributed by atoms with Crippen molar-refractivity contribution in [1.82, 2.24) is 15.1 Å². The Morgan fingerprint density at radius 2 is 1.75 bits per heavy atom. The van der Waals surface area contributed by atoms with Crippen molar-refractivity contribution in [1.29, 1.82) is 0 Å². The standard InChI is InChI=1S/C19H22F3N5O/c1-25(2)16-12-17(24-23-13-16)26-7-9-27(10-8-26)18(28)11-14-3-5-15(6-4-14)19(20,21)22/h3-6,12-13H,7-11H2,1-2H3. The van der Waals surface area contributed by atoms with Crippen molar-refractivity contribution < 1.29 is 18.0 Å². The number of aromatic nitrogens is 2. The van der Waals surface area contributed by atoms with E-state index in [1.807, 2.05) is 25.1 Å². The van der Waals surface area contributed by atoms with Gasteiger partial charge in [0.25, 0.3) is 0 Å². The molecule has 1 aliphatic heterocycles. The van der Waals surface area contributed by atoms with Crippen molar-refractivity contribution in [2.75, 3.05) is 50.1 Å². The van der Waals surface area contributed by atoms with Crippen molar-refractivity contribution in [3.8, 4) is 0 Å². The van der Waals surface area contributed by atoms with Gasteiger partial charge in [-0.05, 0) is 17.7 Å². The van der Waals surface area contributed by atoms with Gasteiger partial charge in [0.2, 0.25) is 5.91 Å². The van der Waals surface area contributed by atoms with Gasteiger partial charge in [-0.25, -0.2) is 0 Å². The Bertz CT molecular complexity index is 815. The van der Waals surface area contributed by atoms with Crippen molar-refractivity contribution in [3.05, 3.63) is 47.7 Å². The van der Waals surface area contributed by atoms with Crippen LogP contribution < -0.4 is 9.80 Å². The van der Waals surface area contributed by atoms with E-state index in [0.29, 0.717) is 31.7 Å². The molecule has 1 amide bonds. The number of piperazine rings is 1. The molecule has 0 atom stereocenters. The molecular weight excluding hydrogens is 371 g/mol. The molecule has 2 heterocycles. The van der Waals surface area contributed by atoms with Crippen LogP contribution in [0.25, 0.3) is 0 Å². The SMILES string of the molecule is CN(C)c1cnnc(N2CCN(C(=O)Cc3ccc(C(F)(F)F)cc3)CC2)c1. The van der Waals surface area contributed by atoms with Gasteiger partial charge in [0.15, 0.2) is 5.82 Å². The molecular formula is C19H22F3N5O. The zero-order valence-electron chi connectivity index (χ0n) is 15.8. The van der Waals surface area contributed by atoms with E-state index in [1.165, 1.54) is 12.1 Å². The van der Waals surface area contributed by atoms with Gasteiger partial charge in [-0.3, -0.25) is 4.79 Å². The zero-order valence-corrected chi connectivity index (χ0v) is 15.8. The summed E-state index contributed by atoms with van der Waals surface area (Å²) in [5, 5.41) is 8.19. The molecule has 28 heavy (non-hydrogen) atoms. The molecule has 1 aliphatic rings. The highest BCUT2D eigenvalue weighted by molar-refractivity contribution is 5.79. The van der Waals surface area contributed by atoms with Gasteiger partial charge in [0, 0.05) is 46.3 Å². The van der Waals surface area contributed by atoms with Crippen LogP contribution in [0.5, 0.6) is 0 Å². The molecule has 1 fully saturated rings. The summed E-state index contributed by atoms with van der Waals surface area (Å²) < 4.78 is 37.9. The summed E-state index contributed by atoms with van der Waals surface area (Å²) in [6.07, 6.45) is -2.59. The fourth-order valence-electron chi connectivity index (χ4n) is 3.03. The Kier molecular flexibility index (Phi) is 5.71. The molecule has 0 spiro atoms. The first kappa shape index (κ1) is 19.9. The van der Waals surface area contributed by atoms with E-state index in [9.17, 15) is 18.0 Å². The first-order valence-corrected chi connectivity index (χ1v) is 8.93. The average molecular weight is 393 g/mol. The molecule has 1 aromatic heterocycles. The van der Waals surface area contributed by atoms with E-state index < -0.39 is 11.7 Å². The van der Waals surface area contributed by atoms with Crippen LogP contribution in [-0.4, -0.2) is 61.3 Å². The quantitative estimate of drug-likeness (QED) is 0.799. The highest BCUT2D eigenvalue weighted by atomic mass is 19.4. The van der Waals surface area contributed by atoms with E-state index >= 15 is 0 Å².